The summed E-state index contributed by atoms with van der Waals surface area (Å²) in [4.78, 5) is 34.2. The fourth-order valence-electron chi connectivity index (χ4n) is 1.68. The number of amides is 3. The maximum Gasteiger partial charge on any atom is 0.339 e. The Balaban J connectivity index is 2.85. The number of hydrogen-bond acceptors (Lipinski definition) is 6. The van der Waals surface area contributed by atoms with Crippen molar-refractivity contribution in [3.05, 3.63) is 23.8 Å². The number of esters is 1. The quantitative estimate of drug-likeness (QED) is 0.728. The monoisotopic (exact) mass is 324 g/mol. The number of imide groups is 1. The first kappa shape index (κ1) is 18.3. The number of nitrogens with two attached hydrogens (primary N) is 1. The van der Waals surface area contributed by atoms with Crippen LogP contribution in [-0.4, -0.2) is 37.2 Å². The third kappa shape index (κ3) is 5.50. The van der Waals surface area contributed by atoms with Gasteiger partial charge in [-0.3, -0.25) is 10.1 Å². The maximum atomic E-state index is 12.1. The van der Waals surface area contributed by atoms with Crippen molar-refractivity contribution in [1.29, 1.82) is 0 Å². The molecule has 0 aliphatic rings. The molecular formula is C15H20N2O6. The van der Waals surface area contributed by atoms with E-state index in [0.29, 0.717) is 24.7 Å². The molecule has 0 spiro atoms. The lowest BCUT2D eigenvalue weighted by atomic mass is 10.2. The molecule has 1 aromatic carbocycles. The van der Waals surface area contributed by atoms with Crippen LogP contribution in [0.25, 0.3) is 0 Å². The van der Waals surface area contributed by atoms with Crippen molar-refractivity contribution in [2.75, 3.05) is 13.2 Å². The van der Waals surface area contributed by atoms with E-state index in [-0.39, 0.29) is 5.56 Å². The normalized spacial score (nSPS) is 11.3. The molecule has 0 heterocycles. The van der Waals surface area contributed by atoms with Crippen LogP contribution in [0.3, 0.4) is 0 Å². The molecule has 3 N–H and O–H groups in total. The number of carbonyl (C=O) groups excluding carboxylic acids is 3. The maximum absolute atomic E-state index is 12.1. The Morgan fingerprint density at radius 2 is 1.74 bits per heavy atom. The smallest absolute Gasteiger partial charge is 0.339 e. The molecule has 1 rings (SSSR count). The molecule has 0 fully saturated rings. The van der Waals surface area contributed by atoms with Crippen LogP contribution in [0.15, 0.2) is 18.2 Å². The Kier molecular flexibility index (Phi) is 6.85. The zero-order valence-corrected chi connectivity index (χ0v) is 13.3. The fraction of sp³-hybridized carbons (Fsp3) is 0.400. The largest absolute Gasteiger partial charge is 0.490 e. The van der Waals surface area contributed by atoms with Gasteiger partial charge in [-0.2, -0.15) is 0 Å². The van der Waals surface area contributed by atoms with Crippen LogP contribution in [0.2, 0.25) is 0 Å². The summed E-state index contributed by atoms with van der Waals surface area (Å²) >= 11 is 0. The second kappa shape index (κ2) is 8.62. The predicted molar refractivity (Wildman–Crippen MR) is 81.4 cm³/mol. The van der Waals surface area contributed by atoms with Crippen LogP contribution < -0.4 is 20.5 Å². The fourth-order valence-corrected chi connectivity index (χ4v) is 1.68. The highest BCUT2D eigenvalue weighted by Gasteiger charge is 2.21. The summed E-state index contributed by atoms with van der Waals surface area (Å²) in [5, 5.41) is 1.83. The average Bonchev–Trinajstić information content (AvgIpc) is 2.48. The number of benzene rings is 1. The molecule has 0 radical (unpaired) electrons. The molecule has 0 saturated heterocycles. The van der Waals surface area contributed by atoms with E-state index in [1.54, 1.807) is 13.0 Å². The number of rotatable bonds is 7. The van der Waals surface area contributed by atoms with Crippen LogP contribution in [0.1, 0.15) is 31.1 Å². The lowest BCUT2D eigenvalue weighted by Gasteiger charge is -2.14. The Morgan fingerprint density at radius 1 is 1.13 bits per heavy atom. The highest BCUT2D eigenvalue weighted by atomic mass is 16.5. The molecule has 0 aliphatic carbocycles. The van der Waals surface area contributed by atoms with E-state index in [1.165, 1.54) is 19.1 Å². The van der Waals surface area contributed by atoms with Crippen LogP contribution in [-0.2, 0) is 9.53 Å². The highest BCUT2D eigenvalue weighted by Crippen LogP contribution is 2.28. The first-order valence-electron chi connectivity index (χ1n) is 7.09. The Morgan fingerprint density at radius 3 is 2.30 bits per heavy atom. The molecule has 126 valence electrons. The average molecular weight is 324 g/mol. The van der Waals surface area contributed by atoms with E-state index in [0.717, 1.165) is 0 Å². The zero-order chi connectivity index (χ0) is 17.4. The van der Waals surface area contributed by atoms with Crippen molar-refractivity contribution in [2.24, 2.45) is 5.73 Å². The third-order valence-corrected chi connectivity index (χ3v) is 2.68. The molecule has 0 aromatic heterocycles. The number of nitrogens with one attached hydrogen (secondary N) is 1. The van der Waals surface area contributed by atoms with Gasteiger partial charge in [-0.15, -0.1) is 0 Å². The molecule has 8 nitrogen and oxygen atoms in total. The van der Waals surface area contributed by atoms with Crippen molar-refractivity contribution in [3.63, 3.8) is 0 Å². The minimum atomic E-state index is -1.17. The van der Waals surface area contributed by atoms with Crippen molar-refractivity contribution in [3.8, 4) is 11.5 Å². The molecular weight excluding hydrogens is 304 g/mol. The first-order valence-corrected chi connectivity index (χ1v) is 7.09. The van der Waals surface area contributed by atoms with Gasteiger partial charge in [0.2, 0.25) is 0 Å². The van der Waals surface area contributed by atoms with Gasteiger partial charge in [0.25, 0.3) is 5.91 Å². The van der Waals surface area contributed by atoms with Crippen LogP contribution in [0.5, 0.6) is 11.5 Å². The van der Waals surface area contributed by atoms with Crippen LogP contribution in [0.4, 0.5) is 4.79 Å². The highest BCUT2D eigenvalue weighted by molar-refractivity contribution is 5.98. The zero-order valence-electron chi connectivity index (χ0n) is 13.3. The summed E-state index contributed by atoms with van der Waals surface area (Å²) < 4.78 is 15.8. The molecule has 0 bridgehead atoms. The Bertz CT molecular complexity index is 587. The lowest BCUT2D eigenvalue weighted by Crippen LogP contribution is -2.42. The second-order valence-electron chi connectivity index (χ2n) is 4.43. The summed E-state index contributed by atoms with van der Waals surface area (Å²) in [5.74, 6) is -0.633. The van der Waals surface area contributed by atoms with Gasteiger partial charge in [-0.25, -0.2) is 9.59 Å². The number of hydrogen-bond donors (Lipinski definition) is 2. The number of urea groups is 1. The van der Waals surface area contributed by atoms with Crippen molar-refractivity contribution >= 4 is 17.9 Å². The molecule has 1 atom stereocenters. The molecule has 0 saturated carbocycles. The van der Waals surface area contributed by atoms with E-state index in [2.05, 4.69) is 0 Å². The molecule has 3 amide bonds. The van der Waals surface area contributed by atoms with E-state index in [1.807, 2.05) is 12.2 Å². The number of primary amides is 1. The van der Waals surface area contributed by atoms with E-state index in [4.69, 9.17) is 19.9 Å². The topological polar surface area (TPSA) is 117 Å². The van der Waals surface area contributed by atoms with Gasteiger partial charge < -0.3 is 19.9 Å². The summed E-state index contributed by atoms with van der Waals surface area (Å²) in [5.41, 5.74) is 5.02. The van der Waals surface area contributed by atoms with Gasteiger partial charge in [-0.1, -0.05) is 0 Å². The molecule has 0 aliphatic heterocycles. The van der Waals surface area contributed by atoms with Gasteiger partial charge in [0, 0.05) is 0 Å². The van der Waals surface area contributed by atoms with Gasteiger partial charge in [-0.05, 0) is 39.0 Å². The van der Waals surface area contributed by atoms with Crippen molar-refractivity contribution in [1.82, 2.24) is 5.32 Å². The van der Waals surface area contributed by atoms with E-state index < -0.39 is 24.0 Å². The summed E-state index contributed by atoms with van der Waals surface area (Å²) in [6, 6.07) is 3.53. The standard InChI is InChI=1S/C15H20N2O6/c1-4-21-11-7-6-10(8-12(11)22-5-2)14(19)23-9(3)13(18)17-15(16)20/h6-9H,4-5H2,1-3H3,(H3,16,17,18,20). The second-order valence-corrected chi connectivity index (χ2v) is 4.43. The summed E-state index contributed by atoms with van der Waals surface area (Å²) in [6.07, 6.45) is -1.17. The third-order valence-electron chi connectivity index (χ3n) is 2.68. The molecule has 1 aromatic rings. The minimum Gasteiger partial charge on any atom is -0.490 e. The predicted octanol–water partition coefficient (Wildman–Crippen LogP) is 1.22. The lowest BCUT2D eigenvalue weighted by molar-refractivity contribution is -0.127. The van der Waals surface area contributed by atoms with Crippen molar-refractivity contribution < 1.29 is 28.6 Å². The summed E-state index contributed by atoms with van der Waals surface area (Å²) in [7, 11) is 0. The van der Waals surface area contributed by atoms with Gasteiger partial charge in [0.15, 0.2) is 17.6 Å². The van der Waals surface area contributed by atoms with Crippen LogP contribution in [0, 0.1) is 0 Å². The van der Waals surface area contributed by atoms with Gasteiger partial charge in [0.05, 0.1) is 18.8 Å². The first-order chi connectivity index (χ1) is 10.9. The van der Waals surface area contributed by atoms with E-state index in [9.17, 15) is 14.4 Å². The molecule has 1 unspecified atom stereocenters. The van der Waals surface area contributed by atoms with Gasteiger partial charge >= 0.3 is 12.0 Å². The number of carbonyl (C=O) groups is 3. The van der Waals surface area contributed by atoms with Crippen molar-refractivity contribution in [2.45, 2.75) is 26.9 Å². The Hall–Kier alpha value is -2.77. The van der Waals surface area contributed by atoms with E-state index >= 15 is 0 Å². The minimum absolute atomic E-state index is 0.190. The molecule has 8 heteroatoms. The van der Waals surface area contributed by atoms with Gasteiger partial charge in [0.1, 0.15) is 0 Å². The van der Waals surface area contributed by atoms with Crippen LogP contribution >= 0.6 is 0 Å². The number of ether oxygens (including phenoxy) is 3. The SMILES string of the molecule is CCOc1ccc(C(=O)OC(C)C(=O)NC(N)=O)cc1OCC. The molecule has 23 heavy (non-hydrogen) atoms. The Labute approximate surface area is 133 Å². The summed E-state index contributed by atoms with van der Waals surface area (Å²) in [6.45, 7) is 5.81.